The van der Waals surface area contributed by atoms with E-state index in [0.29, 0.717) is 5.69 Å². The predicted molar refractivity (Wildman–Crippen MR) is 112 cm³/mol. The quantitative estimate of drug-likeness (QED) is 0.550. The molecule has 0 saturated heterocycles. The Balaban J connectivity index is 1.52. The fourth-order valence-corrected chi connectivity index (χ4v) is 3.99. The van der Waals surface area contributed by atoms with E-state index < -0.39 is 10.0 Å². The van der Waals surface area contributed by atoms with Crippen molar-refractivity contribution in [2.75, 3.05) is 16.6 Å². The van der Waals surface area contributed by atoms with Crippen LogP contribution < -0.4 is 10.0 Å². The van der Waals surface area contributed by atoms with Gasteiger partial charge in [0.1, 0.15) is 0 Å². The standard InChI is InChI=1S/C22H24N2O2S/c1-18-7-5-11-22(17-18)27(25,26)24-21-14-12-20(13-15-21)23-16-6-10-19-8-3-2-4-9-19/h2-5,7-9,11-15,17,23-24H,6,10,16H2,1H3. The number of benzene rings is 3. The first-order valence-corrected chi connectivity index (χ1v) is 10.5. The fraction of sp³-hybridized carbons (Fsp3) is 0.182. The zero-order chi connectivity index (χ0) is 19.1. The second-order valence-electron chi connectivity index (χ2n) is 6.52. The molecule has 0 radical (unpaired) electrons. The molecule has 0 aliphatic rings. The van der Waals surface area contributed by atoms with Gasteiger partial charge in [-0.15, -0.1) is 0 Å². The zero-order valence-electron chi connectivity index (χ0n) is 15.4. The Kier molecular flexibility index (Phi) is 6.14. The van der Waals surface area contributed by atoms with E-state index in [9.17, 15) is 8.42 Å². The van der Waals surface area contributed by atoms with Crippen molar-refractivity contribution in [1.82, 2.24) is 0 Å². The molecule has 0 bridgehead atoms. The Morgan fingerprint density at radius 1 is 0.815 bits per heavy atom. The SMILES string of the molecule is Cc1cccc(S(=O)(=O)Nc2ccc(NCCCc3ccccc3)cc2)c1. The van der Waals surface area contributed by atoms with Crippen molar-refractivity contribution in [3.63, 3.8) is 0 Å². The molecule has 0 unspecified atom stereocenters. The smallest absolute Gasteiger partial charge is 0.261 e. The van der Waals surface area contributed by atoms with Gasteiger partial charge in [-0.25, -0.2) is 8.42 Å². The Morgan fingerprint density at radius 3 is 2.22 bits per heavy atom. The molecule has 4 nitrogen and oxygen atoms in total. The second kappa shape index (κ2) is 8.73. The minimum atomic E-state index is -3.57. The third-order valence-corrected chi connectivity index (χ3v) is 5.63. The monoisotopic (exact) mass is 380 g/mol. The molecule has 0 aromatic heterocycles. The molecule has 0 fully saturated rings. The van der Waals surface area contributed by atoms with E-state index in [2.05, 4.69) is 34.3 Å². The molecule has 3 rings (SSSR count). The highest BCUT2D eigenvalue weighted by Gasteiger charge is 2.13. The lowest BCUT2D eigenvalue weighted by Crippen LogP contribution is -2.13. The van der Waals surface area contributed by atoms with Crippen molar-refractivity contribution in [2.24, 2.45) is 0 Å². The first-order valence-electron chi connectivity index (χ1n) is 9.00. The molecule has 0 saturated carbocycles. The number of nitrogens with one attached hydrogen (secondary N) is 2. The van der Waals surface area contributed by atoms with Crippen LogP contribution in [0.25, 0.3) is 0 Å². The first-order chi connectivity index (χ1) is 13.0. The van der Waals surface area contributed by atoms with Crippen LogP contribution in [0.15, 0.2) is 83.8 Å². The van der Waals surface area contributed by atoms with Crippen molar-refractivity contribution in [1.29, 1.82) is 0 Å². The Labute approximate surface area is 161 Å². The second-order valence-corrected chi connectivity index (χ2v) is 8.20. The van der Waals surface area contributed by atoms with Crippen LogP contribution >= 0.6 is 0 Å². The molecule has 5 heteroatoms. The predicted octanol–water partition coefficient (Wildman–Crippen LogP) is 4.84. The normalized spacial score (nSPS) is 11.1. The third kappa shape index (κ3) is 5.59. The molecular weight excluding hydrogens is 356 g/mol. The van der Waals surface area contributed by atoms with Gasteiger partial charge in [0.2, 0.25) is 0 Å². The van der Waals surface area contributed by atoms with Crippen molar-refractivity contribution in [2.45, 2.75) is 24.7 Å². The van der Waals surface area contributed by atoms with E-state index in [4.69, 9.17) is 0 Å². The van der Waals surface area contributed by atoms with E-state index in [1.54, 1.807) is 30.3 Å². The summed E-state index contributed by atoms with van der Waals surface area (Å²) in [6, 6.07) is 24.6. The van der Waals surface area contributed by atoms with Gasteiger partial charge in [-0.05, 0) is 67.3 Å². The van der Waals surface area contributed by atoms with Crippen LogP contribution in [0, 0.1) is 6.92 Å². The summed E-state index contributed by atoms with van der Waals surface area (Å²) in [5.41, 5.74) is 3.76. The van der Waals surface area contributed by atoms with Gasteiger partial charge >= 0.3 is 0 Å². The first kappa shape index (κ1) is 19.0. The highest BCUT2D eigenvalue weighted by Crippen LogP contribution is 2.19. The Bertz CT molecular complexity index is 969. The van der Waals surface area contributed by atoms with E-state index in [0.717, 1.165) is 30.6 Å². The van der Waals surface area contributed by atoms with E-state index in [-0.39, 0.29) is 4.90 Å². The largest absolute Gasteiger partial charge is 0.385 e. The molecule has 0 atom stereocenters. The lowest BCUT2D eigenvalue weighted by Gasteiger charge is -2.10. The van der Waals surface area contributed by atoms with Crippen LogP contribution in [0.2, 0.25) is 0 Å². The van der Waals surface area contributed by atoms with Gasteiger partial charge in [0.05, 0.1) is 4.90 Å². The molecule has 0 heterocycles. The van der Waals surface area contributed by atoms with Crippen LogP contribution in [-0.2, 0) is 16.4 Å². The molecule has 3 aromatic rings. The number of sulfonamides is 1. The molecule has 0 amide bonds. The molecule has 140 valence electrons. The number of anilines is 2. The van der Waals surface area contributed by atoms with Crippen LogP contribution in [0.5, 0.6) is 0 Å². The van der Waals surface area contributed by atoms with Crippen LogP contribution in [0.4, 0.5) is 11.4 Å². The Hall–Kier alpha value is -2.79. The van der Waals surface area contributed by atoms with Gasteiger partial charge in [-0.1, -0.05) is 42.5 Å². The van der Waals surface area contributed by atoms with Gasteiger partial charge in [0.25, 0.3) is 10.0 Å². The van der Waals surface area contributed by atoms with Crippen LogP contribution in [0.3, 0.4) is 0 Å². The minimum Gasteiger partial charge on any atom is -0.385 e. The molecule has 3 aromatic carbocycles. The average molecular weight is 381 g/mol. The summed E-state index contributed by atoms with van der Waals surface area (Å²) in [5, 5.41) is 3.37. The van der Waals surface area contributed by atoms with E-state index in [1.807, 2.05) is 31.2 Å². The molecule has 0 aliphatic heterocycles. The third-order valence-electron chi connectivity index (χ3n) is 4.25. The maximum absolute atomic E-state index is 12.5. The molecular formula is C22H24N2O2S. The zero-order valence-corrected chi connectivity index (χ0v) is 16.2. The molecule has 0 aliphatic carbocycles. The maximum Gasteiger partial charge on any atom is 0.261 e. The minimum absolute atomic E-state index is 0.269. The molecule has 27 heavy (non-hydrogen) atoms. The van der Waals surface area contributed by atoms with Crippen molar-refractivity contribution < 1.29 is 8.42 Å². The summed E-state index contributed by atoms with van der Waals surface area (Å²) in [6.45, 7) is 2.74. The van der Waals surface area contributed by atoms with Gasteiger partial charge < -0.3 is 5.32 Å². The maximum atomic E-state index is 12.5. The summed E-state index contributed by atoms with van der Waals surface area (Å²) in [7, 11) is -3.57. The molecule has 2 N–H and O–H groups in total. The van der Waals surface area contributed by atoms with Gasteiger partial charge in [0, 0.05) is 17.9 Å². The highest BCUT2D eigenvalue weighted by molar-refractivity contribution is 7.92. The average Bonchev–Trinajstić information content (AvgIpc) is 2.67. The van der Waals surface area contributed by atoms with Gasteiger partial charge in [-0.2, -0.15) is 0 Å². The highest BCUT2D eigenvalue weighted by atomic mass is 32.2. The summed E-state index contributed by atoms with van der Waals surface area (Å²) in [5.74, 6) is 0. The van der Waals surface area contributed by atoms with Gasteiger partial charge in [-0.3, -0.25) is 4.72 Å². The lowest BCUT2D eigenvalue weighted by atomic mass is 10.1. The summed E-state index contributed by atoms with van der Waals surface area (Å²) < 4.78 is 27.5. The van der Waals surface area contributed by atoms with E-state index >= 15 is 0 Å². The van der Waals surface area contributed by atoms with Crippen LogP contribution in [-0.4, -0.2) is 15.0 Å². The lowest BCUT2D eigenvalue weighted by molar-refractivity contribution is 0.601. The van der Waals surface area contributed by atoms with Crippen LogP contribution in [0.1, 0.15) is 17.5 Å². The fourth-order valence-electron chi connectivity index (χ4n) is 2.82. The van der Waals surface area contributed by atoms with Crippen molar-refractivity contribution in [3.05, 3.63) is 90.0 Å². The topological polar surface area (TPSA) is 58.2 Å². The number of rotatable bonds is 8. The summed E-state index contributed by atoms with van der Waals surface area (Å²) >= 11 is 0. The van der Waals surface area contributed by atoms with Gasteiger partial charge in [0.15, 0.2) is 0 Å². The summed E-state index contributed by atoms with van der Waals surface area (Å²) in [6.07, 6.45) is 2.06. The van der Waals surface area contributed by atoms with Crippen molar-refractivity contribution in [3.8, 4) is 0 Å². The Morgan fingerprint density at radius 2 is 1.52 bits per heavy atom. The number of aryl methyl sites for hydroxylation is 2. The molecule has 0 spiro atoms. The van der Waals surface area contributed by atoms with E-state index in [1.165, 1.54) is 5.56 Å². The number of hydrogen-bond donors (Lipinski definition) is 2. The summed E-state index contributed by atoms with van der Waals surface area (Å²) in [4.78, 5) is 0.269. The number of hydrogen-bond acceptors (Lipinski definition) is 3. The van der Waals surface area contributed by atoms with Crippen molar-refractivity contribution >= 4 is 21.4 Å².